The van der Waals surface area contributed by atoms with E-state index in [1.165, 1.54) is 4.40 Å². The predicted molar refractivity (Wildman–Crippen MR) is 68.2 cm³/mol. The number of halogens is 1. The number of aromatic amines is 1. The molecule has 0 aliphatic heterocycles. The molecule has 0 saturated heterocycles. The van der Waals surface area contributed by atoms with Gasteiger partial charge in [-0.2, -0.15) is 10.2 Å². The molecule has 7 nitrogen and oxygen atoms in total. The molecular formula is C9H7IN6O. The smallest absolute Gasteiger partial charge is 0.246 e. The number of hydrogen-bond donors (Lipinski definition) is 1. The van der Waals surface area contributed by atoms with Gasteiger partial charge in [-0.05, 0) is 29.5 Å². The van der Waals surface area contributed by atoms with Crippen LogP contribution in [0.25, 0.3) is 11.5 Å². The van der Waals surface area contributed by atoms with Crippen molar-refractivity contribution in [1.82, 2.24) is 29.4 Å². The zero-order valence-corrected chi connectivity index (χ0v) is 10.9. The maximum atomic E-state index is 11.4. The van der Waals surface area contributed by atoms with Crippen molar-refractivity contribution >= 4 is 28.2 Å². The van der Waals surface area contributed by atoms with Crippen LogP contribution in [-0.4, -0.2) is 29.4 Å². The zero-order chi connectivity index (χ0) is 12.0. The van der Waals surface area contributed by atoms with Gasteiger partial charge in [-0.1, -0.05) is 0 Å². The summed E-state index contributed by atoms with van der Waals surface area (Å²) in [4.78, 5) is 15.8. The second-order valence-corrected chi connectivity index (χ2v) is 4.73. The molecule has 17 heavy (non-hydrogen) atoms. The van der Waals surface area contributed by atoms with E-state index in [-0.39, 0.29) is 5.69 Å². The highest BCUT2D eigenvalue weighted by Crippen LogP contribution is 2.09. The lowest BCUT2D eigenvalue weighted by Gasteiger charge is -2.02. The predicted octanol–water partition coefficient (Wildman–Crippen LogP) is 0.516. The Kier molecular flexibility index (Phi) is 2.24. The maximum Gasteiger partial charge on any atom is 0.349 e. The fourth-order valence-corrected chi connectivity index (χ4v) is 2.01. The summed E-state index contributed by atoms with van der Waals surface area (Å²) in [6.45, 7) is 1.75. The molecule has 0 radical (unpaired) electrons. The molecule has 0 aliphatic carbocycles. The van der Waals surface area contributed by atoms with Crippen molar-refractivity contribution in [3.05, 3.63) is 38.3 Å². The van der Waals surface area contributed by atoms with Crippen molar-refractivity contribution in [2.75, 3.05) is 0 Å². The lowest BCUT2D eigenvalue weighted by Crippen LogP contribution is -2.14. The molecule has 0 aliphatic rings. The van der Waals surface area contributed by atoms with E-state index in [2.05, 4.69) is 42.9 Å². The number of H-pyrrole nitrogens is 1. The minimum Gasteiger partial charge on any atom is -0.246 e. The van der Waals surface area contributed by atoms with E-state index in [1.54, 1.807) is 23.9 Å². The van der Waals surface area contributed by atoms with E-state index < -0.39 is 0 Å². The molecule has 0 fully saturated rings. The first-order chi connectivity index (χ1) is 8.15. The molecule has 0 spiro atoms. The first-order valence-electron chi connectivity index (χ1n) is 4.80. The molecule has 0 saturated carbocycles. The van der Waals surface area contributed by atoms with Crippen LogP contribution in [0.5, 0.6) is 0 Å². The van der Waals surface area contributed by atoms with Crippen molar-refractivity contribution in [3.63, 3.8) is 0 Å². The van der Waals surface area contributed by atoms with Crippen molar-refractivity contribution in [1.29, 1.82) is 0 Å². The highest BCUT2D eigenvalue weighted by Gasteiger charge is 2.08. The Bertz CT molecular complexity index is 754. The van der Waals surface area contributed by atoms with Crippen molar-refractivity contribution < 1.29 is 0 Å². The summed E-state index contributed by atoms with van der Waals surface area (Å²) in [6, 6.07) is 1.70. The number of fused-ring (bicyclic) bond motifs is 1. The Morgan fingerprint density at radius 2 is 2.29 bits per heavy atom. The van der Waals surface area contributed by atoms with Crippen LogP contribution in [0.1, 0.15) is 5.82 Å². The lowest BCUT2D eigenvalue weighted by molar-refractivity contribution is 0.818. The Hall–Kier alpha value is -1.71. The monoisotopic (exact) mass is 342 g/mol. The van der Waals surface area contributed by atoms with E-state index in [4.69, 9.17) is 0 Å². The Labute approximate surface area is 109 Å². The van der Waals surface area contributed by atoms with Gasteiger partial charge in [-0.3, -0.25) is 0 Å². The van der Waals surface area contributed by atoms with Crippen molar-refractivity contribution in [2.24, 2.45) is 0 Å². The summed E-state index contributed by atoms with van der Waals surface area (Å²) in [6.07, 6.45) is 3.59. The molecule has 3 heterocycles. The first-order valence-corrected chi connectivity index (χ1v) is 5.88. The Morgan fingerprint density at radius 3 is 3.00 bits per heavy atom. The average molecular weight is 342 g/mol. The summed E-state index contributed by atoms with van der Waals surface area (Å²) in [7, 11) is 0. The summed E-state index contributed by atoms with van der Waals surface area (Å²) in [5.41, 5.74) is 0.245. The van der Waals surface area contributed by atoms with Gasteiger partial charge >= 0.3 is 5.69 Å². The van der Waals surface area contributed by atoms with E-state index in [0.717, 1.165) is 3.57 Å². The highest BCUT2D eigenvalue weighted by atomic mass is 127. The van der Waals surface area contributed by atoms with Crippen LogP contribution in [0.15, 0.2) is 23.3 Å². The summed E-state index contributed by atoms with van der Waals surface area (Å²) in [5, 5.41) is 10.5. The van der Waals surface area contributed by atoms with Crippen LogP contribution in [0, 0.1) is 10.5 Å². The summed E-state index contributed by atoms with van der Waals surface area (Å²) < 4.78 is 4.08. The van der Waals surface area contributed by atoms with Gasteiger partial charge in [-0.25, -0.2) is 24.0 Å². The SMILES string of the molecule is Cc1nc(-n2cc(I)cn2)cc2n[nH]c(=O)n12. The fraction of sp³-hybridized carbons (Fsp3) is 0.111. The van der Waals surface area contributed by atoms with E-state index >= 15 is 0 Å². The third-order valence-corrected chi connectivity index (χ3v) is 2.90. The van der Waals surface area contributed by atoms with Crippen LogP contribution in [-0.2, 0) is 0 Å². The van der Waals surface area contributed by atoms with Gasteiger partial charge in [0.25, 0.3) is 0 Å². The number of aromatic nitrogens is 6. The quantitative estimate of drug-likeness (QED) is 0.654. The number of nitrogens with zero attached hydrogens (tertiary/aromatic N) is 5. The van der Waals surface area contributed by atoms with Crippen LogP contribution in [0.4, 0.5) is 0 Å². The minimum absolute atomic E-state index is 0.286. The van der Waals surface area contributed by atoms with Gasteiger partial charge in [-0.15, -0.1) is 0 Å². The maximum absolute atomic E-state index is 11.4. The van der Waals surface area contributed by atoms with Gasteiger partial charge in [0, 0.05) is 12.3 Å². The highest BCUT2D eigenvalue weighted by molar-refractivity contribution is 14.1. The molecule has 3 rings (SSSR count). The number of hydrogen-bond acceptors (Lipinski definition) is 4. The van der Waals surface area contributed by atoms with E-state index in [0.29, 0.717) is 17.3 Å². The standard InChI is InChI=1S/C9H7IN6O/c1-5-12-7(15-4-6(10)3-11-15)2-8-13-14-9(17)16(5)8/h2-4H,1H3,(H,14,17). The normalized spacial score (nSPS) is 11.2. The third kappa shape index (κ3) is 1.64. The molecule has 3 aromatic rings. The first kappa shape index (κ1) is 10.4. The van der Waals surface area contributed by atoms with Gasteiger partial charge < -0.3 is 0 Å². The van der Waals surface area contributed by atoms with Gasteiger partial charge in [0.05, 0.1) is 9.77 Å². The minimum atomic E-state index is -0.286. The largest absolute Gasteiger partial charge is 0.349 e. The average Bonchev–Trinajstić information content (AvgIpc) is 2.86. The molecule has 0 amide bonds. The fourth-order valence-electron chi connectivity index (χ4n) is 1.63. The summed E-state index contributed by atoms with van der Waals surface area (Å²) in [5.74, 6) is 1.21. The molecule has 86 valence electrons. The van der Waals surface area contributed by atoms with Crippen LogP contribution in [0.3, 0.4) is 0 Å². The van der Waals surface area contributed by atoms with Crippen molar-refractivity contribution in [2.45, 2.75) is 6.92 Å². The summed E-state index contributed by atoms with van der Waals surface area (Å²) >= 11 is 2.17. The van der Waals surface area contributed by atoms with E-state index in [1.807, 2.05) is 6.20 Å². The number of aryl methyl sites for hydroxylation is 1. The van der Waals surface area contributed by atoms with Gasteiger partial charge in [0.2, 0.25) is 0 Å². The molecule has 8 heteroatoms. The molecule has 0 atom stereocenters. The van der Waals surface area contributed by atoms with Gasteiger partial charge in [0.15, 0.2) is 11.5 Å². The Morgan fingerprint density at radius 1 is 1.47 bits per heavy atom. The zero-order valence-electron chi connectivity index (χ0n) is 8.75. The van der Waals surface area contributed by atoms with Crippen molar-refractivity contribution in [3.8, 4) is 5.82 Å². The molecule has 3 aromatic heterocycles. The van der Waals surface area contributed by atoms with E-state index in [9.17, 15) is 4.79 Å². The molecule has 0 unspecified atom stereocenters. The number of rotatable bonds is 1. The molecular weight excluding hydrogens is 335 g/mol. The second kappa shape index (κ2) is 3.65. The number of nitrogens with one attached hydrogen (secondary N) is 1. The Balaban J connectivity index is 2.29. The van der Waals surface area contributed by atoms with Gasteiger partial charge in [0.1, 0.15) is 5.82 Å². The molecule has 0 bridgehead atoms. The molecule has 0 aromatic carbocycles. The lowest BCUT2D eigenvalue weighted by atomic mass is 10.5. The second-order valence-electron chi connectivity index (χ2n) is 3.49. The molecule has 1 N–H and O–H groups in total. The third-order valence-electron chi connectivity index (χ3n) is 2.34. The van der Waals surface area contributed by atoms with Crippen LogP contribution in [0.2, 0.25) is 0 Å². The van der Waals surface area contributed by atoms with Crippen LogP contribution >= 0.6 is 22.6 Å². The topological polar surface area (TPSA) is 80.9 Å². The van der Waals surface area contributed by atoms with Crippen LogP contribution < -0.4 is 5.69 Å².